The van der Waals surface area contributed by atoms with E-state index in [1.165, 1.54) is 44.1 Å². The molecular formula is C54H53N5. The number of nitrogens with two attached hydrogens (primary N) is 1. The molecule has 6 aromatic carbocycles. The van der Waals surface area contributed by atoms with Gasteiger partial charge in [0, 0.05) is 41.1 Å². The van der Waals surface area contributed by atoms with Crippen LogP contribution in [0.4, 0.5) is 5.69 Å². The maximum absolute atomic E-state index is 5.14. The van der Waals surface area contributed by atoms with Crippen molar-refractivity contribution in [2.75, 3.05) is 4.90 Å². The SMILES string of the molecule is C/C=C\C.C=C1/C=C\C=C/N(c2cccc(C)c2)/C=C\C(c2ccc3c4ccccc4n(-c4ccccc4)c3c2)=C/C1=C.NNNCc1ccc(-c2ccccc2)cc1. The highest BCUT2D eigenvalue weighted by molar-refractivity contribution is 6.10. The van der Waals surface area contributed by atoms with E-state index in [1.807, 2.05) is 62.4 Å². The molecule has 59 heavy (non-hydrogen) atoms. The van der Waals surface area contributed by atoms with Gasteiger partial charge in [0.05, 0.1) is 11.0 Å². The standard InChI is InChI=1S/C37H30N2.C13H15N3.C4H8/c1-27-12-11-16-33(24-27)38-22-10-9-13-28(2)29(3)25-31(21-23-38)30-19-20-35-34-17-7-8-18-36(34)39(37(35)26-30)32-14-5-4-6-15-32;14-16-15-10-11-6-8-13(9-7-11)12-4-2-1-3-5-12;1-3-4-2/h4-26H,2-3H2,1H3;1-9,15-16H,10,14H2;3-4H,1-2H3/b13-9-,22-10-,23-21-,31-25+;;4-3-. The molecule has 8 rings (SSSR count). The van der Waals surface area contributed by atoms with Gasteiger partial charge < -0.3 is 9.47 Å². The average Bonchev–Trinajstić information content (AvgIpc) is 3.60. The lowest BCUT2D eigenvalue weighted by molar-refractivity contribution is 0.553. The number of allylic oxidation sites excluding steroid dienone is 10. The van der Waals surface area contributed by atoms with Crippen molar-refractivity contribution < 1.29 is 0 Å². The molecule has 0 atom stereocenters. The molecule has 2 heterocycles. The maximum atomic E-state index is 5.14. The van der Waals surface area contributed by atoms with Crippen LogP contribution < -0.4 is 21.7 Å². The summed E-state index contributed by atoms with van der Waals surface area (Å²) in [7, 11) is 0. The van der Waals surface area contributed by atoms with E-state index in [4.69, 9.17) is 5.84 Å². The van der Waals surface area contributed by atoms with Gasteiger partial charge in [-0.15, -0.1) is 0 Å². The van der Waals surface area contributed by atoms with E-state index in [-0.39, 0.29) is 0 Å². The average molecular weight is 772 g/mol. The van der Waals surface area contributed by atoms with Crippen LogP contribution in [0, 0.1) is 6.92 Å². The topological polar surface area (TPSA) is 58.2 Å². The molecule has 0 unspecified atom stereocenters. The van der Waals surface area contributed by atoms with Crippen LogP contribution in [0.15, 0.2) is 231 Å². The quantitative estimate of drug-likeness (QED) is 0.0858. The molecule has 0 amide bonds. The fraction of sp³-hybridized carbons (Fsp3) is 0.0741. The molecule has 1 aliphatic rings. The summed E-state index contributed by atoms with van der Waals surface area (Å²) in [6.07, 6.45) is 18.5. The van der Waals surface area contributed by atoms with Gasteiger partial charge in [-0.3, -0.25) is 5.84 Å². The normalized spacial score (nSPS) is 15.3. The first-order valence-electron chi connectivity index (χ1n) is 19.9. The highest BCUT2D eigenvalue weighted by Crippen LogP contribution is 2.35. The second-order valence-electron chi connectivity index (χ2n) is 14.1. The summed E-state index contributed by atoms with van der Waals surface area (Å²) in [4.78, 5) is 2.14. The number of aromatic nitrogens is 1. The number of fused-ring (bicyclic) bond motifs is 3. The lowest BCUT2D eigenvalue weighted by atomic mass is 9.99. The summed E-state index contributed by atoms with van der Waals surface area (Å²) >= 11 is 0. The molecule has 0 saturated heterocycles. The molecule has 0 bridgehead atoms. The van der Waals surface area contributed by atoms with Crippen LogP contribution in [0.3, 0.4) is 0 Å². The molecule has 1 aliphatic heterocycles. The molecule has 5 heteroatoms. The zero-order valence-corrected chi connectivity index (χ0v) is 34.2. The number of hydrogen-bond donors (Lipinski definition) is 3. The molecule has 7 aromatic rings. The molecule has 5 nitrogen and oxygen atoms in total. The van der Waals surface area contributed by atoms with E-state index in [1.54, 1.807) is 0 Å². The Bertz CT molecular complexity index is 2640. The van der Waals surface area contributed by atoms with Crippen molar-refractivity contribution >= 4 is 33.1 Å². The second kappa shape index (κ2) is 20.9. The van der Waals surface area contributed by atoms with Gasteiger partial charge in [-0.2, -0.15) is 5.53 Å². The lowest BCUT2D eigenvalue weighted by Crippen LogP contribution is -2.36. The van der Waals surface area contributed by atoms with Crippen LogP contribution in [-0.4, -0.2) is 4.57 Å². The third-order valence-corrected chi connectivity index (χ3v) is 9.92. The summed E-state index contributed by atoms with van der Waals surface area (Å²) < 4.78 is 2.35. The minimum absolute atomic E-state index is 0.714. The van der Waals surface area contributed by atoms with Gasteiger partial charge in [-0.1, -0.05) is 153 Å². The van der Waals surface area contributed by atoms with E-state index in [0.717, 1.165) is 33.7 Å². The third kappa shape index (κ3) is 10.9. The highest BCUT2D eigenvalue weighted by Gasteiger charge is 2.14. The van der Waals surface area contributed by atoms with E-state index in [9.17, 15) is 0 Å². The minimum atomic E-state index is 0.714. The van der Waals surface area contributed by atoms with E-state index < -0.39 is 0 Å². The number of hydrogen-bond acceptors (Lipinski definition) is 4. The fourth-order valence-corrected chi connectivity index (χ4v) is 6.70. The Kier molecular flexibility index (Phi) is 14.8. The monoisotopic (exact) mass is 771 g/mol. The first-order valence-corrected chi connectivity index (χ1v) is 19.9. The summed E-state index contributed by atoms with van der Waals surface area (Å²) in [5.41, 5.74) is 18.7. The number of nitrogens with one attached hydrogen (secondary N) is 2. The number of aryl methyl sites for hydroxylation is 1. The molecule has 0 aliphatic carbocycles. The van der Waals surface area contributed by atoms with E-state index >= 15 is 0 Å². The molecule has 294 valence electrons. The Morgan fingerprint density at radius 3 is 1.93 bits per heavy atom. The Hall–Kier alpha value is -7.02. The Morgan fingerprint density at radius 2 is 1.22 bits per heavy atom. The van der Waals surface area contributed by atoms with Crippen molar-refractivity contribution in [3.05, 3.63) is 248 Å². The van der Waals surface area contributed by atoms with Gasteiger partial charge in [-0.05, 0) is 120 Å². The summed E-state index contributed by atoms with van der Waals surface area (Å²) in [6.45, 7) is 15.4. The molecule has 0 saturated carbocycles. The van der Waals surface area contributed by atoms with Crippen LogP contribution in [-0.2, 0) is 6.54 Å². The molecule has 4 N–H and O–H groups in total. The summed E-state index contributed by atoms with van der Waals surface area (Å²) in [6, 6.07) is 53.1. The molecule has 0 fully saturated rings. The maximum Gasteiger partial charge on any atom is 0.0547 e. The summed E-state index contributed by atoms with van der Waals surface area (Å²) in [5, 5.41) is 2.48. The third-order valence-electron chi connectivity index (χ3n) is 9.92. The number of para-hydroxylation sites is 2. The molecular weight excluding hydrogens is 719 g/mol. The van der Waals surface area contributed by atoms with Gasteiger partial charge in [0.15, 0.2) is 0 Å². The van der Waals surface area contributed by atoms with Crippen molar-refractivity contribution in [3.8, 4) is 16.8 Å². The van der Waals surface area contributed by atoms with Gasteiger partial charge in [0.1, 0.15) is 0 Å². The second-order valence-corrected chi connectivity index (χ2v) is 14.1. The number of benzene rings is 6. The zero-order chi connectivity index (χ0) is 41.4. The number of anilines is 1. The van der Waals surface area contributed by atoms with E-state index in [2.05, 4.69) is 199 Å². The highest BCUT2D eigenvalue weighted by atomic mass is 15.5. The van der Waals surface area contributed by atoms with Crippen LogP contribution in [0.25, 0.3) is 44.2 Å². The Morgan fingerprint density at radius 1 is 0.576 bits per heavy atom. The van der Waals surface area contributed by atoms with Crippen molar-refractivity contribution in [3.63, 3.8) is 0 Å². The largest absolute Gasteiger partial charge is 0.324 e. The lowest BCUT2D eigenvalue weighted by Gasteiger charge is -2.17. The summed E-state index contributed by atoms with van der Waals surface area (Å²) in [5.74, 6) is 5.14. The Balaban J connectivity index is 0.000000242. The zero-order valence-electron chi connectivity index (χ0n) is 34.2. The van der Waals surface area contributed by atoms with Crippen LogP contribution in [0.5, 0.6) is 0 Å². The van der Waals surface area contributed by atoms with Crippen LogP contribution in [0.2, 0.25) is 0 Å². The molecule has 1 aromatic heterocycles. The van der Waals surface area contributed by atoms with Crippen molar-refractivity contribution in [1.82, 2.24) is 15.5 Å². The predicted molar refractivity (Wildman–Crippen MR) is 255 cm³/mol. The van der Waals surface area contributed by atoms with Gasteiger partial charge in [0.2, 0.25) is 0 Å². The van der Waals surface area contributed by atoms with Crippen molar-refractivity contribution in [2.45, 2.75) is 27.3 Å². The van der Waals surface area contributed by atoms with Crippen molar-refractivity contribution in [2.24, 2.45) is 5.84 Å². The smallest absolute Gasteiger partial charge is 0.0547 e. The predicted octanol–water partition coefficient (Wildman–Crippen LogP) is 13.1. The molecule has 0 spiro atoms. The van der Waals surface area contributed by atoms with Gasteiger partial charge >= 0.3 is 0 Å². The molecule has 0 radical (unpaired) electrons. The van der Waals surface area contributed by atoms with Crippen LogP contribution in [0.1, 0.15) is 30.5 Å². The van der Waals surface area contributed by atoms with Gasteiger partial charge in [-0.25, -0.2) is 5.43 Å². The number of rotatable bonds is 7. The fourth-order valence-electron chi connectivity index (χ4n) is 6.70. The van der Waals surface area contributed by atoms with Crippen molar-refractivity contribution in [1.29, 1.82) is 0 Å². The minimum Gasteiger partial charge on any atom is -0.324 e. The number of hydrazine groups is 2. The first-order chi connectivity index (χ1) is 28.9. The van der Waals surface area contributed by atoms with Gasteiger partial charge in [0.25, 0.3) is 0 Å². The Labute approximate surface area is 349 Å². The van der Waals surface area contributed by atoms with Crippen LogP contribution >= 0.6 is 0 Å². The first kappa shape index (κ1) is 41.6. The number of nitrogens with zero attached hydrogens (tertiary/aromatic N) is 2. The van der Waals surface area contributed by atoms with E-state index in [0.29, 0.717) is 6.54 Å².